The molecule has 9 heteroatoms. The van der Waals surface area contributed by atoms with E-state index in [0.29, 0.717) is 27.9 Å². The van der Waals surface area contributed by atoms with E-state index in [-0.39, 0.29) is 11.7 Å². The maximum atomic E-state index is 13.7. The highest BCUT2D eigenvalue weighted by atomic mass is 32.2. The summed E-state index contributed by atoms with van der Waals surface area (Å²) in [4.78, 5) is 17.3. The monoisotopic (exact) mass is 537 g/mol. The molecule has 0 saturated carbocycles. The van der Waals surface area contributed by atoms with Crippen LogP contribution in [0, 0.1) is 5.82 Å². The lowest BCUT2D eigenvalue weighted by Gasteiger charge is -2.20. The van der Waals surface area contributed by atoms with Crippen LogP contribution in [-0.2, 0) is 0 Å². The van der Waals surface area contributed by atoms with Crippen molar-refractivity contribution in [3.63, 3.8) is 0 Å². The summed E-state index contributed by atoms with van der Waals surface area (Å²) >= 11 is 1.57. The maximum absolute atomic E-state index is 13.7. The van der Waals surface area contributed by atoms with Crippen molar-refractivity contribution in [2.75, 3.05) is 24.7 Å². The van der Waals surface area contributed by atoms with Crippen LogP contribution in [-0.4, -0.2) is 41.4 Å². The van der Waals surface area contributed by atoms with E-state index >= 15 is 0 Å². The van der Waals surface area contributed by atoms with Gasteiger partial charge in [0.15, 0.2) is 0 Å². The van der Waals surface area contributed by atoms with E-state index in [1.165, 1.54) is 12.1 Å². The Morgan fingerprint density at radius 3 is 2.44 bits per heavy atom. The van der Waals surface area contributed by atoms with E-state index in [0.717, 1.165) is 39.0 Å². The Kier molecular flexibility index (Phi) is 6.28. The number of nitrogens with one attached hydrogen (secondary N) is 2. The predicted molar refractivity (Wildman–Crippen MR) is 155 cm³/mol. The molecule has 0 saturated heterocycles. The van der Waals surface area contributed by atoms with Crippen LogP contribution in [0.2, 0.25) is 0 Å². The number of carbonyl (C=O) groups is 1. The minimum Gasteiger partial charge on any atom is -0.455 e. The molecule has 0 radical (unpaired) electrons. The molecule has 0 unspecified atom stereocenters. The zero-order valence-electron chi connectivity index (χ0n) is 21.4. The third-order valence-electron chi connectivity index (χ3n) is 6.81. The van der Waals surface area contributed by atoms with Crippen LogP contribution in [0.15, 0.2) is 83.5 Å². The fraction of sp³-hybridized carbons (Fsp3) is 0.100. The maximum Gasteiger partial charge on any atom is 0.255 e. The average Bonchev–Trinajstić information content (AvgIpc) is 3.57. The molecule has 7 nitrogen and oxygen atoms in total. The van der Waals surface area contributed by atoms with Crippen LogP contribution in [0.1, 0.15) is 10.4 Å². The topological polar surface area (TPSA) is 87.0 Å². The van der Waals surface area contributed by atoms with Gasteiger partial charge in [-0.25, -0.2) is 4.39 Å². The number of hydrogen-bond donors (Lipinski definition) is 2. The largest absolute Gasteiger partial charge is 0.455 e. The normalized spacial score (nSPS) is 11.3. The molecular weight excluding hydrogens is 513 g/mol. The number of hydrogen-bond acceptors (Lipinski definition) is 6. The van der Waals surface area contributed by atoms with Gasteiger partial charge in [0.05, 0.1) is 16.8 Å². The molecule has 6 aromatic rings. The third-order valence-corrected chi connectivity index (χ3v) is 7.55. The van der Waals surface area contributed by atoms with Gasteiger partial charge in [0.1, 0.15) is 22.9 Å². The number of aromatic nitrogens is 3. The van der Waals surface area contributed by atoms with Crippen LogP contribution in [0.5, 0.6) is 0 Å². The standard InChI is InChI=1S/C30H24FN5O2S/c1-32-30(37)27-23-15-21(19-6-9-24-22(14-19)28(35-34-24)17-10-12-33-13-11-17)25(36(2)39-3)16-26(23)38-29(27)18-4-7-20(31)8-5-18/h4-16H,1-3H3,(H,32,37)(H,34,35). The van der Waals surface area contributed by atoms with Crippen molar-refractivity contribution in [2.24, 2.45) is 0 Å². The SMILES string of the molecule is CNC(=O)c1c(-c2ccc(F)cc2)oc2cc(N(C)SC)c(-c3ccc4[nH]nc(-c5ccncc5)c4c3)cc12. The zero-order chi connectivity index (χ0) is 27.1. The van der Waals surface area contributed by atoms with Gasteiger partial charge in [0, 0.05) is 66.3 Å². The van der Waals surface area contributed by atoms with Crippen molar-refractivity contribution in [1.29, 1.82) is 0 Å². The summed E-state index contributed by atoms with van der Waals surface area (Å²) < 4.78 is 22.0. The van der Waals surface area contributed by atoms with Crippen LogP contribution in [0.25, 0.3) is 55.6 Å². The summed E-state index contributed by atoms with van der Waals surface area (Å²) in [6.07, 6.45) is 5.49. The molecule has 0 fully saturated rings. The molecular formula is C30H24FN5O2S. The van der Waals surface area contributed by atoms with Crippen molar-refractivity contribution >= 4 is 45.4 Å². The number of nitrogens with zero attached hydrogens (tertiary/aromatic N) is 3. The van der Waals surface area contributed by atoms with Gasteiger partial charge in [-0.3, -0.25) is 14.9 Å². The molecule has 0 aliphatic heterocycles. The van der Waals surface area contributed by atoms with Crippen LogP contribution in [0.3, 0.4) is 0 Å². The Balaban J connectivity index is 1.61. The van der Waals surface area contributed by atoms with Crippen molar-refractivity contribution in [3.05, 3.63) is 90.5 Å². The van der Waals surface area contributed by atoms with Gasteiger partial charge in [-0.1, -0.05) is 18.0 Å². The number of aromatic amines is 1. The molecule has 2 N–H and O–H groups in total. The first-order valence-corrected chi connectivity index (χ1v) is 13.4. The van der Waals surface area contributed by atoms with Gasteiger partial charge in [-0.2, -0.15) is 5.10 Å². The molecule has 0 atom stereocenters. The first-order chi connectivity index (χ1) is 19.0. The highest BCUT2D eigenvalue weighted by Crippen LogP contribution is 2.42. The Hall–Kier alpha value is -4.63. The Morgan fingerprint density at radius 2 is 1.72 bits per heavy atom. The second-order valence-corrected chi connectivity index (χ2v) is 9.92. The number of carbonyl (C=O) groups excluding carboxylic acids is 1. The quantitative estimate of drug-likeness (QED) is 0.224. The molecule has 0 bridgehead atoms. The van der Waals surface area contributed by atoms with Crippen LogP contribution >= 0.6 is 11.9 Å². The van der Waals surface area contributed by atoms with Crippen LogP contribution in [0.4, 0.5) is 10.1 Å². The number of fused-ring (bicyclic) bond motifs is 2. The fourth-order valence-corrected chi connectivity index (χ4v) is 5.14. The summed E-state index contributed by atoms with van der Waals surface area (Å²) in [5.74, 6) is -0.247. The summed E-state index contributed by atoms with van der Waals surface area (Å²) in [5.41, 5.74) is 7.12. The van der Waals surface area contributed by atoms with Crippen molar-refractivity contribution in [3.8, 4) is 33.7 Å². The lowest BCUT2D eigenvalue weighted by molar-refractivity contribution is 0.0964. The van der Waals surface area contributed by atoms with Crippen molar-refractivity contribution in [1.82, 2.24) is 20.5 Å². The highest BCUT2D eigenvalue weighted by molar-refractivity contribution is 7.99. The Bertz CT molecular complexity index is 1830. The fourth-order valence-electron chi connectivity index (χ4n) is 4.79. The summed E-state index contributed by atoms with van der Waals surface area (Å²) in [7, 11) is 3.57. The summed E-state index contributed by atoms with van der Waals surface area (Å²) in [6.45, 7) is 0. The molecule has 194 valence electrons. The molecule has 0 aliphatic rings. The third kappa shape index (κ3) is 4.30. The number of amides is 1. The molecule has 1 amide bonds. The van der Waals surface area contributed by atoms with Gasteiger partial charge >= 0.3 is 0 Å². The van der Waals surface area contributed by atoms with E-state index in [9.17, 15) is 9.18 Å². The second-order valence-electron chi connectivity index (χ2n) is 9.01. The van der Waals surface area contributed by atoms with Gasteiger partial charge in [0.25, 0.3) is 5.91 Å². The lowest BCUT2D eigenvalue weighted by atomic mass is 9.97. The zero-order valence-corrected chi connectivity index (χ0v) is 22.3. The number of anilines is 1. The molecule has 39 heavy (non-hydrogen) atoms. The van der Waals surface area contributed by atoms with Crippen molar-refractivity contribution in [2.45, 2.75) is 0 Å². The first-order valence-electron chi connectivity index (χ1n) is 12.2. The highest BCUT2D eigenvalue weighted by Gasteiger charge is 2.24. The van der Waals surface area contributed by atoms with E-state index < -0.39 is 0 Å². The minimum atomic E-state index is -0.358. The second kappa shape index (κ2) is 9.92. The van der Waals surface area contributed by atoms with E-state index in [1.807, 2.05) is 49.7 Å². The molecule has 0 spiro atoms. The Labute approximate surface area is 228 Å². The lowest BCUT2D eigenvalue weighted by Crippen LogP contribution is -2.18. The minimum absolute atomic E-state index is 0.282. The average molecular weight is 538 g/mol. The summed E-state index contributed by atoms with van der Waals surface area (Å²) in [6, 6.07) is 19.9. The van der Waals surface area contributed by atoms with Gasteiger partial charge in [0.2, 0.25) is 0 Å². The van der Waals surface area contributed by atoms with Gasteiger partial charge < -0.3 is 14.0 Å². The number of H-pyrrole nitrogens is 1. The molecule has 0 aliphatic carbocycles. The van der Waals surface area contributed by atoms with Gasteiger partial charge in [-0.05, 0) is 60.2 Å². The first kappa shape index (κ1) is 24.7. The van der Waals surface area contributed by atoms with E-state index in [4.69, 9.17) is 4.42 Å². The number of halogens is 1. The van der Waals surface area contributed by atoms with E-state index in [2.05, 4.69) is 30.9 Å². The molecule has 6 rings (SSSR count). The molecule has 3 aromatic carbocycles. The predicted octanol–water partition coefficient (Wildman–Crippen LogP) is 6.92. The molecule has 3 heterocycles. The summed E-state index contributed by atoms with van der Waals surface area (Å²) in [5, 5.41) is 12.0. The van der Waals surface area contributed by atoms with Crippen molar-refractivity contribution < 1.29 is 13.6 Å². The Morgan fingerprint density at radius 1 is 0.974 bits per heavy atom. The number of furan rings is 1. The van der Waals surface area contributed by atoms with E-state index in [1.54, 1.807) is 43.5 Å². The number of benzene rings is 3. The van der Waals surface area contributed by atoms with Gasteiger partial charge in [-0.15, -0.1) is 0 Å². The number of pyridine rings is 1. The van der Waals surface area contributed by atoms with Crippen LogP contribution < -0.4 is 9.62 Å². The molecule has 3 aromatic heterocycles. The smallest absolute Gasteiger partial charge is 0.255 e. The number of rotatable bonds is 6.